The molecule has 6 heterocycles. The molecule has 3 aromatic rings. The maximum absolute atomic E-state index is 15.3. The fourth-order valence-electron chi connectivity index (χ4n) is 26.1. The average Bonchev–Trinajstić information content (AvgIpc) is 1.49. The number of hydrogen-bond acceptors (Lipinski definition) is 16. The summed E-state index contributed by atoms with van der Waals surface area (Å²) in [5.41, 5.74) is 2.82. The molecular formula is C93H124N4O14. The number of aromatic amines is 1. The molecule has 1 amide bonds. The predicted molar refractivity (Wildman–Crippen MR) is 429 cm³/mol. The number of nitrogens with one attached hydrogen (secondary N) is 1. The summed E-state index contributed by atoms with van der Waals surface area (Å²) in [6.07, 6.45) is 31.5. The number of aliphatic hydroxyl groups excluding tert-OH is 2. The van der Waals surface area contributed by atoms with Crippen molar-refractivity contribution in [2.75, 3.05) is 59.0 Å². The Hall–Kier alpha value is -7.06. The Morgan fingerprint density at radius 2 is 1.59 bits per heavy atom. The van der Waals surface area contributed by atoms with E-state index in [9.17, 15) is 44.4 Å². The minimum Gasteiger partial charge on any atom is -0.496 e. The fraction of sp³-hybridized carbons (Fsp3) is 0.634. The van der Waals surface area contributed by atoms with Crippen LogP contribution in [0.2, 0.25) is 0 Å². The molecule has 5 N–H and O–H groups in total. The number of amides is 1. The lowest BCUT2D eigenvalue weighted by molar-refractivity contribution is -0.228. The number of piperidine rings is 1. The van der Waals surface area contributed by atoms with Gasteiger partial charge in [0, 0.05) is 102 Å². The Morgan fingerprint density at radius 3 is 2.31 bits per heavy atom. The van der Waals surface area contributed by atoms with Crippen LogP contribution in [-0.4, -0.2) is 167 Å². The van der Waals surface area contributed by atoms with Crippen molar-refractivity contribution in [2.24, 2.45) is 69.0 Å². The number of aromatic nitrogens is 1. The predicted octanol–water partition coefficient (Wildman–Crippen LogP) is 14.1. The van der Waals surface area contributed by atoms with Crippen molar-refractivity contribution in [2.45, 2.75) is 250 Å². The molecule has 1 spiro atoms. The number of methoxy groups -OCH3 is 3. The molecule has 21 atom stereocenters. The van der Waals surface area contributed by atoms with E-state index in [2.05, 4.69) is 93.8 Å². The van der Waals surface area contributed by atoms with Crippen LogP contribution in [-0.2, 0) is 60.2 Å². The zero-order chi connectivity index (χ0) is 79.4. The first-order valence-electron chi connectivity index (χ1n) is 42.0. The summed E-state index contributed by atoms with van der Waals surface area (Å²) in [7, 11) is 4.09. The number of esters is 3. The molecular weight excluding hydrogens is 1400 g/mol. The van der Waals surface area contributed by atoms with Crippen LogP contribution in [0.25, 0.3) is 10.9 Å². The zero-order valence-electron chi connectivity index (χ0n) is 68.1. The number of para-hydroxylation sites is 1. The van der Waals surface area contributed by atoms with Gasteiger partial charge in [-0.3, -0.25) is 33.8 Å². The van der Waals surface area contributed by atoms with E-state index in [1.54, 1.807) is 23.8 Å². The van der Waals surface area contributed by atoms with Crippen LogP contribution < -0.4 is 9.64 Å². The Labute approximate surface area is 657 Å². The SMILES string of the molecule is C=C1/C(=C\C=C2/CCC[C@]3(C)[C@@H]([C@H](C)CCCC(C)C)CC[C@@H]23)C[C@@H](O)C[C@@H]1O.C=C1C[C@@H]2[C@H](CC[C@]3(C)C(=O)CC[C@@H]23)[C@@]2(C)C=CC(=O)C=C12.CC[C@]1(O)C[C@H]2C[N@](CCc3c([nH]c4ccccc34)[C@@](C(=O)OC)(c3cc4c(cc3OC)N(C=O)[C@H]3[C@@](O)(C(=O)OC)[C@H](OC(C)=O)[C@]5(CC)C=CCN6CC[C@]43[C@@H]65)C2)C1. The summed E-state index contributed by atoms with van der Waals surface area (Å²) < 4.78 is 23.7. The number of hydrogen-bond donors (Lipinski definition) is 5. The van der Waals surface area contributed by atoms with Gasteiger partial charge in [-0.15, -0.1) is 0 Å². The van der Waals surface area contributed by atoms with Gasteiger partial charge in [0.05, 0.1) is 50.9 Å². The number of carbonyl (C=O) groups excluding carboxylic acids is 6. The lowest BCUT2D eigenvalue weighted by atomic mass is 9.47. The molecule has 0 radical (unpaired) electrons. The minimum atomic E-state index is -2.53. The second kappa shape index (κ2) is 30.3. The van der Waals surface area contributed by atoms with Gasteiger partial charge in [0.1, 0.15) is 16.9 Å². The molecule has 600 valence electrons. The Kier molecular flexibility index (Phi) is 22.0. The van der Waals surface area contributed by atoms with E-state index in [1.807, 2.05) is 50.3 Å². The Balaban J connectivity index is 0.000000165. The molecule has 18 heteroatoms. The maximum Gasteiger partial charge on any atom is 0.344 e. The summed E-state index contributed by atoms with van der Waals surface area (Å²) >= 11 is 0. The van der Waals surface area contributed by atoms with Gasteiger partial charge >= 0.3 is 17.9 Å². The summed E-state index contributed by atoms with van der Waals surface area (Å²) in [6, 6.07) is 9.97. The average molecular weight is 1520 g/mol. The third-order valence-electron chi connectivity index (χ3n) is 31.2. The smallest absolute Gasteiger partial charge is 0.344 e. The van der Waals surface area contributed by atoms with E-state index < -0.39 is 75.8 Å². The van der Waals surface area contributed by atoms with Gasteiger partial charge in [0.2, 0.25) is 12.0 Å². The number of carbonyl (C=O) groups is 6. The number of ketones is 2. The molecule has 7 saturated carbocycles. The first-order valence-corrected chi connectivity index (χ1v) is 42.0. The van der Waals surface area contributed by atoms with Crippen molar-refractivity contribution in [3.63, 3.8) is 0 Å². The molecule has 9 fully saturated rings. The molecule has 111 heavy (non-hydrogen) atoms. The fourth-order valence-corrected chi connectivity index (χ4v) is 26.1. The summed E-state index contributed by atoms with van der Waals surface area (Å²) in [6.45, 7) is 30.7. The topological polar surface area (TPSA) is 246 Å². The van der Waals surface area contributed by atoms with Crippen LogP contribution in [0, 0.1) is 69.0 Å². The van der Waals surface area contributed by atoms with Crippen molar-refractivity contribution < 1.29 is 68.1 Å². The number of benzene rings is 2. The molecule has 2 bridgehead atoms. The number of aliphatic hydroxyl groups is 4. The lowest BCUT2D eigenvalue weighted by Crippen LogP contribution is -2.81. The highest BCUT2D eigenvalue weighted by atomic mass is 16.6. The molecule has 8 aliphatic carbocycles. The first kappa shape index (κ1) is 80.5. The van der Waals surface area contributed by atoms with Crippen LogP contribution in [0.4, 0.5) is 5.69 Å². The lowest BCUT2D eigenvalue weighted by Gasteiger charge is -2.63. The highest BCUT2D eigenvalue weighted by Crippen LogP contribution is 2.70. The van der Waals surface area contributed by atoms with E-state index in [1.165, 1.54) is 84.5 Å². The van der Waals surface area contributed by atoms with E-state index in [0.717, 1.165) is 88.6 Å². The third-order valence-corrected chi connectivity index (χ3v) is 31.2. The monoisotopic (exact) mass is 1520 g/mol. The molecule has 2 aromatic carbocycles. The highest BCUT2D eigenvalue weighted by Gasteiger charge is 2.81. The van der Waals surface area contributed by atoms with Crippen molar-refractivity contribution in [1.82, 2.24) is 14.8 Å². The van der Waals surface area contributed by atoms with Gasteiger partial charge in [-0.25, -0.2) is 4.79 Å². The molecule has 1 aromatic heterocycles. The number of anilines is 1. The van der Waals surface area contributed by atoms with Gasteiger partial charge in [0.15, 0.2) is 11.9 Å². The molecule has 18 nitrogen and oxygen atoms in total. The van der Waals surface area contributed by atoms with Gasteiger partial charge in [-0.1, -0.05) is 148 Å². The highest BCUT2D eigenvalue weighted by molar-refractivity contribution is 6.02. The van der Waals surface area contributed by atoms with E-state index >= 15 is 4.79 Å². The van der Waals surface area contributed by atoms with Gasteiger partial charge < -0.3 is 49.3 Å². The second-order valence-corrected chi connectivity index (χ2v) is 37.3. The molecule has 5 aliphatic heterocycles. The number of fused-ring (bicyclic) bond motifs is 12. The molecule has 2 saturated heterocycles. The summed E-state index contributed by atoms with van der Waals surface area (Å²) in [4.78, 5) is 90.3. The second-order valence-electron chi connectivity index (χ2n) is 37.3. The van der Waals surface area contributed by atoms with Crippen molar-refractivity contribution in [1.29, 1.82) is 0 Å². The van der Waals surface area contributed by atoms with Crippen molar-refractivity contribution in [3.05, 3.63) is 142 Å². The minimum absolute atomic E-state index is 0.0686. The largest absolute Gasteiger partial charge is 0.496 e. The van der Waals surface area contributed by atoms with E-state index in [-0.39, 0.29) is 29.0 Å². The molecule has 13 aliphatic rings. The van der Waals surface area contributed by atoms with Crippen LogP contribution >= 0.6 is 0 Å². The number of Topliss-reactive ketones (excluding diaryl/α,β-unsaturated/α-hetero) is 1. The van der Waals surface area contributed by atoms with Gasteiger partial charge in [-0.05, 0) is 214 Å². The summed E-state index contributed by atoms with van der Waals surface area (Å²) in [5, 5.41) is 46.4. The van der Waals surface area contributed by atoms with Crippen molar-refractivity contribution >= 4 is 52.5 Å². The summed E-state index contributed by atoms with van der Waals surface area (Å²) in [5.74, 6) is 3.27. The van der Waals surface area contributed by atoms with Crippen LogP contribution in [0.5, 0.6) is 5.75 Å². The van der Waals surface area contributed by atoms with Crippen LogP contribution in [0.15, 0.2) is 120 Å². The normalized spacial score (nSPS) is 39.3. The Morgan fingerprint density at radius 1 is 0.829 bits per heavy atom. The number of allylic oxidation sites excluding steroid dienone is 8. The number of rotatable bonds is 14. The molecule has 16 rings (SSSR count). The van der Waals surface area contributed by atoms with Gasteiger partial charge in [0.25, 0.3) is 0 Å². The van der Waals surface area contributed by atoms with Crippen LogP contribution in [0.1, 0.15) is 213 Å². The van der Waals surface area contributed by atoms with E-state index in [4.69, 9.17) is 18.9 Å². The van der Waals surface area contributed by atoms with E-state index in [0.29, 0.717) is 147 Å². The third kappa shape index (κ3) is 12.9. The number of nitrogens with zero attached hydrogens (tertiary/aromatic N) is 3. The van der Waals surface area contributed by atoms with Gasteiger partial charge in [-0.2, -0.15) is 0 Å². The number of ether oxygens (including phenoxy) is 4. The van der Waals surface area contributed by atoms with Crippen LogP contribution in [0.3, 0.4) is 0 Å². The zero-order valence-corrected chi connectivity index (χ0v) is 68.1. The quantitative estimate of drug-likeness (QED) is 0.0436. The first-order chi connectivity index (χ1) is 52.8. The Bertz CT molecular complexity index is 4370. The number of H-pyrrole nitrogens is 1. The molecule has 0 unspecified atom stereocenters. The maximum atomic E-state index is 15.3. The standard InChI is InChI=1S/C46H56N4O10.C27H44O2.C20H24O2/c1-7-42(55)22-28-23-45(40(53)58-5,36-30(14-18-48(24-28)25-42)29-12-9-10-13-33(29)47-36)32-20-31-34(21-35(32)57-4)50(26-51)38-44(31)16-19-49-17-11-15-43(8-2,37(44)49)39(60-27(3)52)46(38,56)41(54)59-6;1-18(2)8-6-9-19(3)24-13-14-25-21(10-7-15-27(24,25)5)11-12-22-16-23(28)17-26(29)20(22)4;1-12-10-14-15-4-5-18(22)20(15,3)9-7-16(14)19(2)8-6-13(21)11-17(12)19/h9-13,15,20-21,26,28,37-39,47,55-56H,7-8,14,16-19,22-25H2,1-6H3;11-12,18-19,23-26,28-29H,4,6-10,13-17H2,1-3,5H3;6,8,11,14-16H,1,4-5,7,9-10H2,2-3H3/b;21-11+,22-12-;/t28-,37+,38-,39-,42+,43-,44-,45+,46+;19-,23-,24-,25+,26+,27-;14-,15-,16-,19+,20-/m110/s1. The van der Waals surface area contributed by atoms with Crippen molar-refractivity contribution in [3.8, 4) is 5.75 Å².